The van der Waals surface area contributed by atoms with Gasteiger partial charge in [0.15, 0.2) is 6.10 Å². The molecule has 0 heterocycles. The largest absolute Gasteiger partial charge is 0.544 e. The first-order valence-corrected chi connectivity index (χ1v) is 23.5. The Labute approximate surface area is 372 Å². The molecule has 0 saturated heterocycles. The fraction of sp³-hybridized carbons (Fsp3) is 0.604. The van der Waals surface area contributed by atoms with Crippen molar-refractivity contribution in [1.82, 2.24) is 0 Å². The summed E-state index contributed by atoms with van der Waals surface area (Å²) in [5.74, 6) is -1.82. The molecule has 0 bridgehead atoms. The number of hydrogen-bond donors (Lipinski definition) is 0. The number of nitrogens with zero attached hydrogens (tertiary/aromatic N) is 1. The Hall–Kier alpha value is -4.01. The van der Waals surface area contributed by atoms with Gasteiger partial charge in [-0.1, -0.05) is 162 Å². The molecule has 0 saturated carbocycles. The van der Waals surface area contributed by atoms with Gasteiger partial charge in [0, 0.05) is 19.3 Å². The van der Waals surface area contributed by atoms with Gasteiger partial charge in [-0.3, -0.25) is 9.59 Å². The Kier molecular flexibility index (Phi) is 39.9. The van der Waals surface area contributed by atoms with Crippen LogP contribution in [-0.4, -0.2) is 75.5 Å². The average molecular weight is 848 g/mol. The van der Waals surface area contributed by atoms with Crippen LogP contribution in [-0.2, 0) is 28.6 Å². The van der Waals surface area contributed by atoms with Crippen LogP contribution >= 0.6 is 0 Å². The standard InChI is InChI=1S/C53H85NO7/c1-6-8-10-12-14-16-18-20-22-24-26-28-30-32-34-36-38-40-42-44-52(56)61-49(47-59-46-45-50(53(57)58)54(3,4)5)48-60-51(55)43-41-39-37-35-33-31-29-27-25-23-21-19-17-15-13-11-9-7-2/h8,10,14-17,19-23,25-29,32,34,49-50H,6-7,9,11-13,18,24,30-31,33,35-48H2,1-5H3/b10-8+,16-14+,17-15+,21-19+,22-20+,25-23+,28-26+,29-27+,34-32+. The van der Waals surface area contributed by atoms with Gasteiger partial charge < -0.3 is 28.6 Å². The van der Waals surface area contributed by atoms with Crippen molar-refractivity contribution in [2.24, 2.45) is 0 Å². The highest BCUT2D eigenvalue weighted by Gasteiger charge is 2.25. The number of carbonyl (C=O) groups excluding carboxylic acids is 3. The van der Waals surface area contributed by atoms with Crippen LogP contribution in [0.3, 0.4) is 0 Å². The molecule has 8 nitrogen and oxygen atoms in total. The Morgan fingerprint density at radius 2 is 0.984 bits per heavy atom. The van der Waals surface area contributed by atoms with Gasteiger partial charge in [0.05, 0.1) is 40.3 Å². The second-order valence-corrected chi connectivity index (χ2v) is 16.3. The van der Waals surface area contributed by atoms with Crippen molar-refractivity contribution in [2.45, 2.75) is 167 Å². The van der Waals surface area contributed by atoms with Crippen molar-refractivity contribution in [3.63, 3.8) is 0 Å². The molecule has 2 unspecified atom stereocenters. The molecule has 61 heavy (non-hydrogen) atoms. The molecule has 0 aromatic rings. The van der Waals surface area contributed by atoms with Crippen molar-refractivity contribution in [3.05, 3.63) is 109 Å². The van der Waals surface area contributed by atoms with Gasteiger partial charge in [-0.05, 0) is 83.5 Å². The third kappa shape index (κ3) is 41.1. The highest BCUT2D eigenvalue weighted by molar-refractivity contribution is 5.70. The van der Waals surface area contributed by atoms with Gasteiger partial charge in [0.2, 0.25) is 0 Å². The summed E-state index contributed by atoms with van der Waals surface area (Å²) in [7, 11) is 5.38. The number of carbonyl (C=O) groups is 3. The fourth-order valence-electron chi connectivity index (χ4n) is 6.11. The quantitative estimate of drug-likeness (QED) is 0.0199. The number of carboxylic acids is 1. The maximum atomic E-state index is 12.7. The van der Waals surface area contributed by atoms with Crippen molar-refractivity contribution >= 4 is 17.9 Å². The van der Waals surface area contributed by atoms with E-state index in [0.29, 0.717) is 12.8 Å². The summed E-state index contributed by atoms with van der Waals surface area (Å²) in [6.07, 6.45) is 58.2. The molecule has 2 atom stereocenters. The van der Waals surface area contributed by atoms with E-state index in [0.717, 1.165) is 96.3 Å². The topological polar surface area (TPSA) is 102 Å². The van der Waals surface area contributed by atoms with Crippen LogP contribution in [0.5, 0.6) is 0 Å². The summed E-state index contributed by atoms with van der Waals surface area (Å²) >= 11 is 0. The minimum absolute atomic E-state index is 0.0114. The number of unbranched alkanes of at least 4 members (excludes halogenated alkanes) is 11. The lowest BCUT2D eigenvalue weighted by atomic mass is 10.1. The monoisotopic (exact) mass is 848 g/mol. The van der Waals surface area contributed by atoms with E-state index in [1.807, 2.05) is 6.08 Å². The lowest BCUT2D eigenvalue weighted by Gasteiger charge is -2.34. The Balaban J connectivity index is 4.46. The predicted molar refractivity (Wildman–Crippen MR) is 254 cm³/mol. The number of allylic oxidation sites excluding steroid dienone is 18. The zero-order valence-electron chi connectivity index (χ0n) is 39.0. The van der Waals surface area contributed by atoms with Gasteiger partial charge in [0.25, 0.3) is 0 Å². The Bertz CT molecular complexity index is 1360. The maximum absolute atomic E-state index is 12.7. The highest BCUT2D eigenvalue weighted by atomic mass is 16.6. The van der Waals surface area contributed by atoms with E-state index >= 15 is 0 Å². The SMILES string of the molecule is CC/C=C/C/C=C/C/C=C/C/C=C/C/C=C/CCCCCC(=O)OC(COCCC(C(=O)[O-])[N+](C)(C)C)COC(=O)CCCCCCC/C=C/C=C/C=C/C=C/CCCCC. The molecule has 0 spiro atoms. The van der Waals surface area contributed by atoms with E-state index in [9.17, 15) is 19.5 Å². The van der Waals surface area contributed by atoms with Crippen LogP contribution in [0.15, 0.2) is 109 Å². The Morgan fingerprint density at radius 3 is 1.52 bits per heavy atom. The van der Waals surface area contributed by atoms with Crippen molar-refractivity contribution in [3.8, 4) is 0 Å². The molecule has 0 aromatic carbocycles. The molecule has 8 heteroatoms. The van der Waals surface area contributed by atoms with Gasteiger partial charge >= 0.3 is 11.9 Å². The first-order chi connectivity index (χ1) is 29.6. The van der Waals surface area contributed by atoms with Gasteiger partial charge in [0.1, 0.15) is 12.6 Å². The highest BCUT2D eigenvalue weighted by Crippen LogP contribution is 2.12. The third-order valence-electron chi connectivity index (χ3n) is 9.74. The van der Waals surface area contributed by atoms with Crippen LogP contribution in [0.1, 0.15) is 155 Å². The van der Waals surface area contributed by atoms with Crippen LogP contribution in [0.2, 0.25) is 0 Å². The molecule has 344 valence electrons. The van der Waals surface area contributed by atoms with E-state index in [1.165, 1.54) is 19.3 Å². The van der Waals surface area contributed by atoms with Crippen LogP contribution < -0.4 is 5.11 Å². The molecule has 0 aliphatic heterocycles. The number of esters is 2. The number of hydrogen-bond acceptors (Lipinski definition) is 7. The average Bonchev–Trinajstić information content (AvgIpc) is 3.22. The lowest BCUT2D eigenvalue weighted by molar-refractivity contribution is -0.889. The van der Waals surface area contributed by atoms with Crippen LogP contribution in [0.4, 0.5) is 0 Å². The summed E-state index contributed by atoms with van der Waals surface area (Å²) < 4.78 is 17.1. The molecule has 0 aromatic heterocycles. The smallest absolute Gasteiger partial charge is 0.306 e. The zero-order chi connectivity index (χ0) is 44.9. The third-order valence-corrected chi connectivity index (χ3v) is 9.74. The van der Waals surface area contributed by atoms with E-state index in [1.54, 1.807) is 21.1 Å². The molecular formula is C53H85NO7. The maximum Gasteiger partial charge on any atom is 0.306 e. The van der Waals surface area contributed by atoms with Gasteiger partial charge in [-0.2, -0.15) is 0 Å². The minimum atomic E-state index is -1.14. The molecule has 0 aliphatic carbocycles. The predicted octanol–water partition coefficient (Wildman–Crippen LogP) is 11.9. The number of likely N-dealkylation sites (N-methyl/N-ethyl adjacent to an activating group) is 1. The molecule has 0 aliphatic rings. The summed E-state index contributed by atoms with van der Waals surface area (Å²) in [5, 5.41) is 11.6. The first-order valence-electron chi connectivity index (χ1n) is 23.5. The minimum Gasteiger partial charge on any atom is -0.544 e. The van der Waals surface area contributed by atoms with Gasteiger partial charge in [-0.15, -0.1) is 0 Å². The van der Waals surface area contributed by atoms with Crippen molar-refractivity contribution in [2.75, 3.05) is 41.0 Å². The summed E-state index contributed by atoms with van der Waals surface area (Å²) in [5.41, 5.74) is 0. The van der Waals surface area contributed by atoms with E-state index < -0.39 is 18.1 Å². The lowest BCUT2D eigenvalue weighted by Crippen LogP contribution is -2.55. The second-order valence-electron chi connectivity index (χ2n) is 16.3. The number of carboxylic acid groups (broad SMARTS) is 1. The first kappa shape index (κ1) is 57.0. The number of aliphatic carboxylic acids is 1. The van der Waals surface area contributed by atoms with Gasteiger partial charge in [-0.25, -0.2) is 0 Å². The summed E-state index contributed by atoms with van der Waals surface area (Å²) in [4.78, 5) is 36.9. The van der Waals surface area contributed by atoms with Crippen molar-refractivity contribution in [1.29, 1.82) is 0 Å². The zero-order valence-corrected chi connectivity index (χ0v) is 39.0. The summed E-state index contributed by atoms with van der Waals surface area (Å²) in [6.45, 7) is 4.43. The molecular weight excluding hydrogens is 763 g/mol. The van der Waals surface area contributed by atoms with Crippen molar-refractivity contribution < 1.29 is 38.2 Å². The van der Waals surface area contributed by atoms with E-state index in [2.05, 4.69) is 117 Å². The molecule has 0 fully saturated rings. The fourth-order valence-corrected chi connectivity index (χ4v) is 6.11. The van der Waals surface area contributed by atoms with Crippen LogP contribution in [0.25, 0.3) is 0 Å². The molecule has 0 amide bonds. The molecule has 0 rings (SSSR count). The number of rotatable bonds is 40. The second kappa shape index (κ2) is 42.7. The van der Waals surface area contributed by atoms with E-state index in [-0.39, 0.29) is 49.1 Å². The van der Waals surface area contributed by atoms with E-state index in [4.69, 9.17) is 14.2 Å². The molecule has 0 radical (unpaired) electrons. The number of quaternary nitrogens is 1. The normalized spacial score (nSPS) is 13.9. The van der Waals surface area contributed by atoms with Crippen LogP contribution in [0, 0.1) is 0 Å². The molecule has 0 N–H and O–H groups in total. The number of ether oxygens (including phenoxy) is 3. The Morgan fingerprint density at radius 1 is 0.525 bits per heavy atom. The summed E-state index contributed by atoms with van der Waals surface area (Å²) in [6, 6.07) is -0.743.